The first-order valence-corrected chi connectivity index (χ1v) is 7.47. The number of amides is 1. The van der Waals surface area contributed by atoms with Crippen molar-refractivity contribution in [2.75, 3.05) is 19.7 Å². The minimum Gasteiger partial charge on any atom is -0.478 e. The second kappa shape index (κ2) is 6.81. The molecule has 1 saturated heterocycles. The topological polar surface area (TPSA) is 73.8 Å². The zero-order chi connectivity index (χ0) is 16.2. The molecule has 0 bridgehead atoms. The molecule has 2 rings (SSSR count). The van der Waals surface area contributed by atoms with Gasteiger partial charge in [0.2, 0.25) is 11.8 Å². The predicted octanol–water partition coefficient (Wildman–Crippen LogP) is 2.26. The normalized spacial score (nSPS) is 18.2. The van der Waals surface area contributed by atoms with E-state index in [2.05, 4.69) is 9.97 Å². The van der Waals surface area contributed by atoms with E-state index in [1.165, 1.54) is 6.33 Å². The number of aromatic nitrogens is 2. The van der Waals surface area contributed by atoms with Crippen molar-refractivity contribution in [2.24, 2.45) is 0 Å². The molecule has 1 aromatic heterocycles. The Morgan fingerprint density at radius 3 is 2.77 bits per heavy atom. The maximum absolute atomic E-state index is 12.0. The lowest BCUT2D eigenvalue weighted by Crippen LogP contribution is -2.36. The lowest BCUT2D eigenvalue weighted by molar-refractivity contribution is 0.0274. The first-order chi connectivity index (χ1) is 10.4. The third-order valence-electron chi connectivity index (χ3n) is 2.99. The highest BCUT2D eigenvalue weighted by atomic mass is 16.6. The van der Waals surface area contributed by atoms with Crippen molar-refractivity contribution in [2.45, 2.75) is 45.8 Å². The SMILES string of the molecule is CCOc1cc(O[C@@H]2CCN(C(=O)OC(C)(C)C)C2)ncn1. The summed E-state index contributed by atoms with van der Waals surface area (Å²) >= 11 is 0. The van der Waals surface area contributed by atoms with E-state index >= 15 is 0 Å². The summed E-state index contributed by atoms with van der Waals surface area (Å²) in [6.45, 7) is 9.08. The molecule has 0 N–H and O–H groups in total. The zero-order valence-electron chi connectivity index (χ0n) is 13.5. The van der Waals surface area contributed by atoms with Crippen LogP contribution < -0.4 is 9.47 Å². The number of nitrogens with zero attached hydrogens (tertiary/aromatic N) is 3. The van der Waals surface area contributed by atoms with Gasteiger partial charge in [0.25, 0.3) is 0 Å². The maximum atomic E-state index is 12.0. The van der Waals surface area contributed by atoms with Gasteiger partial charge in [-0.1, -0.05) is 0 Å². The summed E-state index contributed by atoms with van der Waals surface area (Å²) in [5.74, 6) is 0.934. The molecule has 0 saturated carbocycles. The molecule has 1 atom stereocenters. The molecule has 122 valence electrons. The molecule has 0 aromatic carbocycles. The third-order valence-corrected chi connectivity index (χ3v) is 2.99. The Morgan fingerprint density at radius 2 is 2.09 bits per heavy atom. The van der Waals surface area contributed by atoms with E-state index in [-0.39, 0.29) is 12.2 Å². The largest absolute Gasteiger partial charge is 0.478 e. The van der Waals surface area contributed by atoms with Crippen LogP contribution in [0.25, 0.3) is 0 Å². The Morgan fingerprint density at radius 1 is 1.36 bits per heavy atom. The van der Waals surface area contributed by atoms with Crippen LogP contribution in [-0.2, 0) is 4.74 Å². The van der Waals surface area contributed by atoms with Crippen molar-refractivity contribution in [3.63, 3.8) is 0 Å². The van der Waals surface area contributed by atoms with Gasteiger partial charge >= 0.3 is 6.09 Å². The Hall–Kier alpha value is -2.05. The number of ether oxygens (including phenoxy) is 3. The average Bonchev–Trinajstić information content (AvgIpc) is 2.86. The Bertz CT molecular complexity index is 516. The quantitative estimate of drug-likeness (QED) is 0.849. The summed E-state index contributed by atoms with van der Waals surface area (Å²) in [6, 6.07) is 1.65. The Labute approximate surface area is 130 Å². The number of hydrogen-bond donors (Lipinski definition) is 0. The smallest absolute Gasteiger partial charge is 0.410 e. The summed E-state index contributed by atoms with van der Waals surface area (Å²) in [4.78, 5) is 21.7. The molecular weight excluding hydrogens is 286 g/mol. The summed E-state index contributed by atoms with van der Waals surface area (Å²) in [6.07, 6.45) is 1.74. The number of carbonyl (C=O) groups is 1. The van der Waals surface area contributed by atoms with Crippen molar-refractivity contribution >= 4 is 6.09 Å². The standard InChI is InChI=1S/C15H23N3O4/c1-5-20-12-8-13(17-10-16-12)21-11-6-7-18(9-11)14(19)22-15(2,3)4/h8,10-11H,5-7,9H2,1-4H3/t11-/m1/s1. The first kappa shape index (κ1) is 16.3. The van der Waals surface area contributed by atoms with E-state index in [1.54, 1.807) is 11.0 Å². The first-order valence-electron chi connectivity index (χ1n) is 7.47. The van der Waals surface area contributed by atoms with Crippen molar-refractivity contribution in [1.82, 2.24) is 14.9 Å². The summed E-state index contributed by atoms with van der Waals surface area (Å²) < 4.78 is 16.5. The van der Waals surface area contributed by atoms with Gasteiger partial charge < -0.3 is 19.1 Å². The predicted molar refractivity (Wildman–Crippen MR) is 80.0 cm³/mol. The molecule has 22 heavy (non-hydrogen) atoms. The highest BCUT2D eigenvalue weighted by Crippen LogP contribution is 2.20. The van der Waals surface area contributed by atoms with Gasteiger partial charge in [-0.3, -0.25) is 0 Å². The van der Waals surface area contributed by atoms with Crippen LogP contribution in [0.1, 0.15) is 34.1 Å². The number of carbonyl (C=O) groups excluding carboxylic acids is 1. The third kappa shape index (κ3) is 4.75. The molecule has 0 spiro atoms. The molecule has 7 heteroatoms. The van der Waals surface area contributed by atoms with Crippen LogP contribution in [0.3, 0.4) is 0 Å². The summed E-state index contributed by atoms with van der Waals surface area (Å²) in [5.41, 5.74) is -0.491. The van der Waals surface area contributed by atoms with Crippen molar-refractivity contribution in [3.8, 4) is 11.8 Å². The van der Waals surface area contributed by atoms with Crippen molar-refractivity contribution in [3.05, 3.63) is 12.4 Å². The molecule has 0 unspecified atom stereocenters. The van der Waals surface area contributed by atoms with Gasteiger partial charge in [-0.2, -0.15) is 0 Å². The minimum atomic E-state index is -0.491. The fourth-order valence-electron chi connectivity index (χ4n) is 2.10. The molecule has 0 aliphatic carbocycles. The highest BCUT2D eigenvalue weighted by molar-refractivity contribution is 5.68. The van der Waals surface area contributed by atoms with Gasteiger partial charge in [-0.25, -0.2) is 14.8 Å². The van der Waals surface area contributed by atoms with Crippen molar-refractivity contribution < 1.29 is 19.0 Å². The molecule has 1 aliphatic rings. The van der Waals surface area contributed by atoms with Gasteiger partial charge in [0, 0.05) is 13.0 Å². The van der Waals surface area contributed by atoms with Gasteiger partial charge in [0.05, 0.1) is 19.2 Å². The zero-order valence-corrected chi connectivity index (χ0v) is 13.5. The molecular formula is C15H23N3O4. The fourth-order valence-corrected chi connectivity index (χ4v) is 2.10. The second-order valence-corrected chi connectivity index (χ2v) is 6.08. The lowest BCUT2D eigenvalue weighted by atomic mass is 10.2. The molecule has 7 nitrogen and oxygen atoms in total. The molecule has 2 heterocycles. The minimum absolute atomic E-state index is 0.100. The lowest BCUT2D eigenvalue weighted by Gasteiger charge is -2.24. The van der Waals surface area contributed by atoms with Crippen LogP contribution in [0.15, 0.2) is 12.4 Å². The fraction of sp³-hybridized carbons (Fsp3) is 0.667. The molecule has 0 radical (unpaired) electrons. The highest BCUT2D eigenvalue weighted by Gasteiger charge is 2.31. The Balaban J connectivity index is 1.88. The number of rotatable bonds is 4. The van der Waals surface area contributed by atoms with E-state index < -0.39 is 5.60 Å². The van der Waals surface area contributed by atoms with E-state index in [9.17, 15) is 4.79 Å². The number of hydrogen-bond acceptors (Lipinski definition) is 6. The molecule has 1 fully saturated rings. The van der Waals surface area contributed by atoms with E-state index in [4.69, 9.17) is 14.2 Å². The van der Waals surface area contributed by atoms with Crippen LogP contribution in [0.2, 0.25) is 0 Å². The Kier molecular flexibility index (Phi) is 5.05. The maximum Gasteiger partial charge on any atom is 0.410 e. The summed E-state index contributed by atoms with van der Waals surface area (Å²) in [5, 5.41) is 0. The van der Waals surface area contributed by atoms with E-state index in [0.717, 1.165) is 6.42 Å². The molecule has 1 aliphatic heterocycles. The van der Waals surface area contributed by atoms with Crippen LogP contribution in [-0.4, -0.2) is 52.4 Å². The van der Waals surface area contributed by atoms with Gasteiger partial charge in [-0.05, 0) is 27.7 Å². The van der Waals surface area contributed by atoms with Crippen LogP contribution in [0, 0.1) is 0 Å². The summed E-state index contributed by atoms with van der Waals surface area (Å²) in [7, 11) is 0. The monoisotopic (exact) mass is 309 g/mol. The second-order valence-electron chi connectivity index (χ2n) is 6.08. The molecule has 1 aromatic rings. The van der Waals surface area contributed by atoms with Crippen molar-refractivity contribution in [1.29, 1.82) is 0 Å². The van der Waals surface area contributed by atoms with Crippen LogP contribution in [0.5, 0.6) is 11.8 Å². The average molecular weight is 309 g/mol. The van der Waals surface area contributed by atoms with Gasteiger partial charge in [0.1, 0.15) is 18.0 Å². The molecule has 1 amide bonds. The van der Waals surface area contributed by atoms with E-state index in [1.807, 2.05) is 27.7 Å². The van der Waals surface area contributed by atoms with E-state index in [0.29, 0.717) is 31.5 Å². The number of likely N-dealkylation sites (tertiary alicyclic amines) is 1. The van der Waals surface area contributed by atoms with Crippen LogP contribution >= 0.6 is 0 Å². The van der Waals surface area contributed by atoms with Crippen LogP contribution in [0.4, 0.5) is 4.79 Å². The van der Waals surface area contributed by atoms with Gasteiger partial charge in [0.15, 0.2) is 0 Å². The van der Waals surface area contributed by atoms with Gasteiger partial charge in [-0.15, -0.1) is 0 Å².